The molecule has 0 radical (unpaired) electrons. The molecule has 1 N–H and O–H groups in total. The van der Waals surface area contributed by atoms with Gasteiger partial charge in [0.2, 0.25) is 11.8 Å². The van der Waals surface area contributed by atoms with Gasteiger partial charge in [0, 0.05) is 19.2 Å². The average Bonchev–Trinajstić information content (AvgIpc) is 2.84. The van der Waals surface area contributed by atoms with Crippen molar-refractivity contribution in [2.24, 2.45) is 0 Å². The Morgan fingerprint density at radius 2 is 2.29 bits per heavy atom. The third-order valence-electron chi connectivity index (χ3n) is 3.13. The fraction of sp³-hybridized carbons (Fsp3) is 0.353. The summed E-state index contributed by atoms with van der Waals surface area (Å²) in [5.41, 5.74) is 0.885. The van der Waals surface area contributed by atoms with Crippen molar-refractivity contribution in [3.8, 4) is 5.75 Å². The number of carbonyl (C=O) groups excluding carboxylic acids is 2. The summed E-state index contributed by atoms with van der Waals surface area (Å²) in [5, 5.41) is 2.75. The van der Waals surface area contributed by atoms with Crippen LogP contribution in [0.5, 0.6) is 5.75 Å². The first-order chi connectivity index (χ1) is 11.5. The van der Waals surface area contributed by atoms with Crippen molar-refractivity contribution in [1.82, 2.24) is 10.2 Å². The van der Waals surface area contributed by atoms with Gasteiger partial charge in [-0.2, -0.15) is 0 Å². The van der Waals surface area contributed by atoms with Crippen molar-refractivity contribution < 1.29 is 14.3 Å². The van der Waals surface area contributed by atoms with Gasteiger partial charge in [-0.15, -0.1) is 0 Å². The minimum absolute atomic E-state index is 0.00300. The molecule has 2 rings (SSSR count). The molecule has 1 aromatic rings. The first-order valence-corrected chi connectivity index (χ1v) is 9.05. The number of ether oxygens (including phenoxy) is 1. The molecule has 1 aliphatic rings. The highest BCUT2D eigenvalue weighted by Gasteiger charge is 2.25. The molecule has 0 unspecified atom stereocenters. The van der Waals surface area contributed by atoms with Crippen molar-refractivity contribution in [2.45, 2.75) is 20.0 Å². The summed E-state index contributed by atoms with van der Waals surface area (Å²) in [5.74, 6) is 0.944. The van der Waals surface area contributed by atoms with Crippen LogP contribution in [0.25, 0.3) is 6.08 Å². The maximum Gasteiger partial charge on any atom is 0.244 e. The largest absolute Gasteiger partial charge is 0.491 e. The van der Waals surface area contributed by atoms with E-state index in [-0.39, 0.29) is 17.9 Å². The first kappa shape index (κ1) is 18.5. The molecule has 1 saturated heterocycles. The number of nitrogens with zero attached hydrogens (tertiary/aromatic N) is 1. The Labute approximate surface area is 151 Å². The molecule has 0 atom stereocenters. The van der Waals surface area contributed by atoms with Crippen LogP contribution in [0.2, 0.25) is 0 Å². The van der Waals surface area contributed by atoms with Crippen LogP contribution in [0.15, 0.2) is 30.3 Å². The van der Waals surface area contributed by atoms with E-state index >= 15 is 0 Å². The number of thioether (sulfide) groups is 1. The van der Waals surface area contributed by atoms with Crippen LogP contribution >= 0.6 is 24.0 Å². The monoisotopic (exact) mass is 364 g/mol. The summed E-state index contributed by atoms with van der Waals surface area (Å²) in [7, 11) is 0. The van der Waals surface area contributed by atoms with Crippen LogP contribution in [-0.2, 0) is 9.59 Å². The molecule has 7 heteroatoms. The molecule has 128 valence electrons. The summed E-state index contributed by atoms with van der Waals surface area (Å²) in [6.07, 6.45) is 3.29. The predicted octanol–water partition coefficient (Wildman–Crippen LogP) is 2.46. The molecule has 1 heterocycles. The minimum atomic E-state index is -0.213. The molecular formula is C17H20N2O3S2. The minimum Gasteiger partial charge on any atom is -0.491 e. The number of thiocarbonyl (C=S) groups is 1. The van der Waals surface area contributed by atoms with Gasteiger partial charge in [0.15, 0.2) is 0 Å². The van der Waals surface area contributed by atoms with Crippen LogP contribution in [0.4, 0.5) is 0 Å². The van der Waals surface area contributed by atoms with E-state index in [2.05, 4.69) is 5.32 Å². The van der Waals surface area contributed by atoms with Gasteiger partial charge >= 0.3 is 0 Å². The van der Waals surface area contributed by atoms with Gasteiger partial charge in [-0.3, -0.25) is 14.5 Å². The summed E-state index contributed by atoms with van der Waals surface area (Å²) < 4.78 is 6.19. The number of carbonyl (C=O) groups is 2. The van der Waals surface area contributed by atoms with Gasteiger partial charge in [0.1, 0.15) is 10.1 Å². The number of nitrogens with one attached hydrogen (secondary N) is 1. The lowest BCUT2D eigenvalue weighted by Gasteiger charge is -2.14. The lowest BCUT2D eigenvalue weighted by Crippen LogP contribution is -2.36. The van der Waals surface area contributed by atoms with E-state index in [1.165, 1.54) is 22.7 Å². The third-order valence-corrected chi connectivity index (χ3v) is 4.56. The lowest BCUT2D eigenvalue weighted by molar-refractivity contribution is -0.124. The number of hydrogen-bond acceptors (Lipinski definition) is 5. The van der Waals surface area contributed by atoms with Crippen LogP contribution in [-0.4, -0.2) is 46.0 Å². The average molecular weight is 364 g/mol. The van der Waals surface area contributed by atoms with E-state index in [1.54, 1.807) is 6.08 Å². The van der Waals surface area contributed by atoms with Crippen molar-refractivity contribution in [2.75, 3.05) is 18.8 Å². The summed E-state index contributed by atoms with van der Waals surface area (Å²) >= 11 is 6.44. The Bertz CT molecular complexity index is 643. The zero-order valence-electron chi connectivity index (χ0n) is 13.7. The Morgan fingerprint density at radius 3 is 2.96 bits per heavy atom. The molecule has 24 heavy (non-hydrogen) atoms. The van der Waals surface area contributed by atoms with Gasteiger partial charge < -0.3 is 10.1 Å². The second kappa shape index (κ2) is 8.84. The summed E-state index contributed by atoms with van der Waals surface area (Å²) in [6, 6.07) is 7.54. The molecule has 0 aromatic heterocycles. The van der Waals surface area contributed by atoms with Gasteiger partial charge in [-0.25, -0.2) is 0 Å². The SMILES string of the molecule is CC(C)Oc1cccc(/C=C/C(=O)NCCN2C(=O)CSC2=S)c1. The zero-order chi connectivity index (χ0) is 17.5. The maximum absolute atomic E-state index is 11.8. The van der Waals surface area contributed by atoms with Gasteiger partial charge in [0.25, 0.3) is 0 Å². The van der Waals surface area contributed by atoms with E-state index in [4.69, 9.17) is 17.0 Å². The first-order valence-electron chi connectivity index (χ1n) is 7.65. The Balaban J connectivity index is 1.80. The van der Waals surface area contributed by atoms with Crippen molar-refractivity contribution >= 4 is 46.2 Å². The maximum atomic E-state index is 11.8. The molecule has 1 fully saturated rings. The molecule has 1 aliphatic heterocycles. The topological polar surface area (TPSA) is 58.6 Å². The lowest BCUT2D eigenvalue weighted by atomic mass is 10.2. The fourth-order valence-electron chi connectivity index (χ4n) is 2.08. The van der Waals surface area contributed by atoms with Gasteiger partial charge in [0.05, 0.1) is 11.9 Å². The second-order valence-electron chi connectivity index (χ2n) is 5.46. The van der Waals surface area contributed by atoms with Gasteiger partial charge in [-0.05, 0) is 37.6 Å². The Kier molecular flexibility index (Phi) is 6.81. The number of hydrogen-bond donors (Lipinski definition) is 1. The molecule has 5 nitrogen and oxygen atoms in total. The van der Waals surface area contributed by atoms with E-state index in [0.29, 0.717) is 23.2 Å². The van der Waals surface area contributed by atoms with E-state index < -0.39 is 0 Å². The molecule has 0 spiro atoms. The summed E-state index contributed by atoms with van der Waals surface area (Å²) in [4.78, 5) is 24.9. The molecule has 2 amide bonds. The second-order valence-corrected chi connectivity index (χ2v) is 7.07. The van der Waals surface area contributed by atoms with Gasteiger partial charge in [-0.1, -0.05) is 36.1 Å². The number of benzene rings is 1. The standard InChI is InChI=1S/C17H20N2O3S2/c1-12(2)22-14-5-3-4-13(10-14)6-7-15(20)18-8-9-19-16(21)11-24-17(19)23/h3-7,10,12H,8-9,11H2,1-2H3,(H,18,20)/b7-6+. The van der Waals surface area contributed by atoms with Crippen molar-refractivity contribution in [3.63, 3.8) is 0 Å². The molecule has 0 aliphatic carbocycles. The number of rotatable bonds is 7. The van der Waals surface area contributed by atoms with E-state index in [1.807, 2.05) is 38.1 Å². The van der Waals surface area contributed by atoms with Crippen LogP contribution in [0.1, 0.15) is 19.4 Å². The van der Waals surface area contributed by atoms with Crippen molar-refractivity contribution in [1.29, 1.82) is 0 Å². The van der Waals surface area contributed by atoms with Crippen molar-refractivity contribution in [3.05, 3.63) is 35.9 Å². The van der Waals surface area contributed by atoms with Crippen LogP contribution in [0, 0.1) is 0 Å². The third kappa shape index (κ3) is 5.65. The van der Waals surface area contributed by atoms with E-state index in [0.717, 1.165) is 11.3 Å². The highest BCUT2D eigenvalue weighted by molar-refractivity contribution is 8.23. The Morgan fingerprint density at radius 1 is 1.50 bits per heavy atom. The molecule has 0 saturated carbocycles. The zero-order valence-corrected chi connectivity index (χ0v) is 15.3. The smallest absolute Gasteiger partial charge is 0.244 e. The Hall–Kier alpha value is -1.86. The highest BCUT2D eigenvalue weighted by Crippen LogP contribution is 2.18. The molecule has 0 bridgehead atoms. The fourth-order valence-corrected chi connectivity index (χ4v) is 3.20. The normalized spacial score (nSPS) is 14.7. The highest BCUT2D eigenvalue weighted by atomic mass is 32.2. The summed E-state index contributed by atoms with van der Waals surface area (Å²) in [6.45, 7) is 4.70. The quantitative estimate of drug-likeness (QED) is 0.595. The molecular weight excluding hydrogens is 344 g/mol. The predicted molar refractivity (Wildman–Crippen MR) is 101 cm³/mol. The van der Waals surface area contributed by atoms with Crippen LogP contribution in [0.3, 0.4) is 0 Å². The number of amides is 2. The van der Waals surface area contributed by atoms with E-state index in [9.17, 15) is 9.59 Å². The van der Waals surface area contributed by atoms with Crippen LogP contribution < -0.4 is 10.1 Å². The molecule has 1 aromatic carbocycles.